The van der Waals surface area contributed by atoms with E-state index in [1.807, 2.05) is 12.1 Å². The lowest BCUT2D eigenvalue weighted by Gasteiger charge is -2.40. The number of nitrogens with zero attached hydrogens (tertiary/aromatic N) is 2. The SMILES string of the molecule is O=C(O)C(O)CC(=O)N(CCN1C2CCC1CC(c1cccc(O)c1)C2)Cc1cccc(F)c1. The van der Waals surface area contributed by atoms with Crippen LogP contribution in [0.1, 0.15) is 49.1 Å². The van der Waals surface area contributed by atoms with Crippen molar-refractivity contribution in [3.63, 3.8) is 0 Å². The monoisotopic (exact) mass is 470 g/mol. The number of phenolic OH excluding ortho intramolecular Hbond substituents is 1. The Morgan fingerprint density at radius 3 is 2.44 bits per heavy atom. The summed E-state index contributed by atoms with van der Waals surface area (Å²) in [5.74, 6) is -1.64. The lowest BCUT2D eigenvalue weighted by Crippen LogP contribution is -2.47. The molecule has 0 spiro atoms. The van der Waals surface area contributed by atoms with Crippen LogP contribution in [0.15, 0.2) is 48.5 Å². The lowest BCUT2D eigenvalue weighted by molar-refractivity contribution is -0.151. The Hall–Kier alpha value is -2.97. The molecule has 3 N–H and O–H groups in total. The van der Waals surface area contributed by atoms with Crippen LogP contribution in [0.3, 0.4) is 0 Å². The summed E-state index contributed by atoms with van der Waals surface area (Å²) in [6.07, 6.45) is 1.84. The van der Waals surface area contributed by atoms with Crippen LogP contribution in [-0.2, 0) is 16.1 Å². The molecule has 3 atom stereocenters. The number of hydrogen-bond acceptors (Lipinski definition) is 5. The van der Waals surface area contributed by atoms with Crippen molar-refractivity contribution in [1.82, 2.24) is 9.80 Å². The number of carbonyl (C=O) groups excluding carboxylic acids is 1. The molecule has 34 heavy (non-hydrogen) atoms. The quantitative estimate of drug-likeness (QED) is 0.521. The van der Waals surface area contributed by atoms with E-state index in [0.717, 1.165) is 31.2 Å². The van der Waals surface area contributed by atoms with Crippen molar-refractivity contribution in [1.29, 1.82) is 0 Å². The molecule has 0 aliphatic carbocycles. The number of phenols is 1. The lowest BCUT2D eigenvalue weighted by atomic mass is 9.85. The largest absolute Gasteiger partial charge is 0.508 e. The van der Waals surface area contributed by atoms with Gasteiger partial charge < -0.3 is 20.2 Å². The molecule has 0 saturated carbocycles. The highest BCUT2D eigenvalue weighted by Gasteiger charge is 2.41. The summed E-state index contributed by atoms with van der Waals surface area (Å²) >= 11 is 0. The van der Waals surface area contributed by atoms with Crippen molar-refractivity contribution < 1.29 is 29.3 Å². The second kappa shape index (κ2) is 10.5. The molecular weight excluding hydrogens is 439 g/mol. The maximum Gasteiger partial charge on any atom is 0.333 e. The number of carboxylic acid groups (broad SMARTS) is 1. The van der Waals surface area contributed by atoms with Crippen LogP contribution in [0.5, 0.6) is 5.75 Å². The standard InChI is InChI=1S/C26H31FN2O5/c27-20-5-1-3-17(11-20)16-28(25(32)15-24(31)26(33)34)9-10-29-21-7-8-22(29)13-19(12-21)18-4-2-6-23(30)14-18/h1-6,11,14,19,21-22,24,30-31H,7-10,12-13,15-16H2,(H,33,34). The summed E-state index contributed by atoms with van der Waals surface area (Å²) in [6, 6.07) is 14.2. The van der Waals surface area contributed by atoms with Crippen LogP contribution in [-0.4, -0.2) is 68.3 Å². The average Bonchev–Trinajstić information content (AvgIpc) is 3.03. The van der Waals surface area contributed by atoms with Gasteiger partial charge in [-0.2, -0.15) is 0 Å². The molecule has 2 heterocycles. The van der Waals surface area contributed by atoms with Gasteiger partial charge >= 0.3 is 5.97 Å². The molecule has 0 aromatic heterocycles. The minimum Gasteiger partial charge on any atom is -0.508 e. The molecule has 8 heteroatoms. The fourth-order valence-electron chi connectivity index (χ4n) is 5.46. The van der Waals surface area contributed by atoms with E-state index in [-0.39, 0.29) is 12.3 Å². The summed E-state index contributed by atoms with van der Waals surface area (Å²) in [5, 5.41) is 28.5. The van der Waals surface area contributed by atoms with Crippen molar-refractivity contribution in [3.8, 4) is 5.75 Å². The third-order valence-electron chi connectivity index (χ3n) is 7.12. The van der Waals surface area contributed by atoms with E-state index in [0.29, 0.717) is 36.7 Å². The Labute approximate surface area is 198 Å². The van der Waals surface area contributed by atoms with E-state index >= 15 is 0 Å². The van der Waals surface area contributed by atoms with E-state index < -0.39 is 30.2 Å². The van der Waals surface area contributed by atoms with Crippen LogP contribution in [0, 0.1) is 5.82 Å². The highest BCUT2D eigenvalue weighted by atomic mass is 19.1. The Bertz CT molecular complexity index is 1020. The summed E-state index contributed by atoms with van der Waals surface area (Å²) in [5.41, 5.74) is 1.77. The Morgan fingerprint density at radius 1 is 1.09 bits per heavy atom. The number of hydrogen-bond donors (Lipinski definition) is 3. The van der Waals surface area contributed by atoms with Crippen LogP contribution < -0.4 is 0 Å². The van der Waals surface area contributed by atoms with Crippen molar-refractivity contribution in [2.75, 3.05) is 13.1 Å². The zero-order chi connectivity index (χ0) is 24.2. The second-order valence-electron chi connectivity index (χ2n) is 9.39. The van der Waals surface area contributed by atoms with Crippen molar-refractivity contribution in [2.45, 2.75) is 62.8 Å². The molecule has 7 nitrogen and oxygen atoms in total. The highest BCUT2D eigenvalue weighted by molar-refractivity contribution is 5.83. The summed E-state index contributed by atoms with van der Waals surface area (Å²) < 4.78 is 13.7. The van der Waals surface area contributed by atoms with Gasteiger partial charge in [0.2, 0.25) is 5.91 Å². The third kappa shape index (κ3) is 5.74. The van der Waals surface area contributed by atoms with Gasteiger partial charge in [0.25, 0.3) is 0 Å². The maximum atomic E-state index is 13.7. The minimum atomic E-state index is -1.77. The smallest absolute Gasteiger partial charge is 0.333 e. The number of aliphatic hydroxyl groups excluding tert-OH is 1. The van der Waals surface area contributed by atoms with Gasteiger partial charge in [-0.25, -0.2) is 9.18 Å². The second-order valence-corrected chi connectivity index (χ2v) is 9.39. The number of benzene rings is 2. The number of aliphatic hydroxyl groups is 1. The first-order valence-electron chi connectivity index (χ1n) is 11.8. The summed E-state index contributed by atoms with van der Waals surface area (Å²) in [4.78, 5) is 27.8. The predicted octanol–water partition coefficient (Wildman–Crippen LogP) is 3.11. The van der Waals surface area contributed by atoms with Gasteiger partial charge in [-0.3, -0.25) is 9.69 Å². The molecule has 1 amide bonds. The van der Waals surface area contributed by atoms with Gasteiger partial charge in [0, 0.05) is 31.7 Å². The van der Waals surface area contributed by atoms with Crippen molar-refractivity contribution >= 4 is 11.9 Å². The molecule has 0 radical (unpaired) electrons. The number of aromatic hydroxyl groups is 1. The number of amides is 1. The number of halogens is 1. The van der Waals surface area contributed by atoms with Gasteiger partial charge in [-0.05, 0) is 67.0 Å². The molecule has 2 aromatic rings. The molecule has 2 aliphatic rings. The van der Waals surface area contributed by atoms with Crippen molar-refractivity contribution in [2.24, 2.45) is 0 Å². The van der Waals surface area contributed by atoms with E-state index in [4.69, 9.17) is 5.11 Å². The zero-order valence-electron chi connectivity index (χ0n) is 19.0. The minimum absolute atomic E-state index is 0.151. The maximum absolute atomic E-state index is 13.7. The Kier molecular flexibility index (Phi) is 7.48. The summed E-state index contributed by atoms with van der Waals surface area (Å²) in [7, 11) is 0. The molecule has 2 bridgehead atoms. The first-order chi connectivity index (χ1) is 16.3. The van der Waals surface area contributed by atoms with Crippen molar-refractivity contribution in [3.05, 3.63) is 65.5 Å². The van der Waals surface area contributed by atoms with E-state index in [9.17, 15) is 24.2 Å². The Morgan fingerprint density at radius 2 is 1.79 bits per heavy atom. The topological polar surface area (TPSA) is 101 Å². The van der Waals surface area contributed by atoms with E-state index in [2.05, 4.69) is 11.0 Å². The molecule has 3 unspecified atom stereocenters. The number of fused-ring (bicyclic) bond motifs is 2. The molecule has 4 rings (SSSR count). The van der Waals surface area contributed by atoms with Crippen LogP contribution in [0.25, 0.3) is 0 Å². The first kappa shape index (κ1) is 24.2. The molecule has 2 saturated heterocycles. The van der Waals surface area contributed by atoms with Crippen LogP contribution in [0.4, 0.5) is 4.39 Å². The molecular formula is C26H31FN2O5. The van der Waals surface area contributed by atoms with Crippen LogP contribution >= 0.6 is 0 Å². The Balaban J connectivity index is 1.42. The van der Waals surface area contributed by atoms with E-state index in [1.54, 1.807) is 18.2 Å². The predicted molar refractivity (Wildman–Crippen MR) is 124 cm³/mol. The van der Waals surface area contributed by atoms with E-state index in [1.165, 1.54) is 17.0 Å². The average molecular weight is 471 g/mol. The number of piperidine rings is 1. The number of aliphatic carboxylic acids is 1. The zero-order valence-corrected chi connectivity index (χ0v) is 19.0. The third-order valence-corrected chi connectivity index (χ3v) is 7.12. The van der Waals surface area contributed by atoms with Gasteiger partial charge in [0.1, 0.15) is 11.6 Å². The van der Waals surface area contributed by atoms with Crippen LogP contribution in [0.2, 0.25) is 0 Å². The molecule has 182 valence electrons. The van der Waals surface area contributed by atoms with Gasteiger partial charge in [-0.15, -0.1) is 0 Å². The normalized spacial score (nSPS) is 22.9. The van der Waals surface area contributed by atoms with Gasteiger partial charge in [0.15, 0.2) is 6.10 Å². The number of rotatable bonds is 9. The highest BCUT2D eigenvalue weighted by Crippen LogP contribution is 2.43. The number of carbonyl (C=O) groups is 2. The molecule has 2 aromatic carbocycles. The molecule has 2 fully saturated rings. The number of carboxylic acids is 1. The summed E-state index contributed by atoms with van der Waals surface area (Å²) in [6.45, 7) is 1.15. The fourth-order valence-corrected chi connectivity index (χ4v) is 5.46. The fraction of sp³-hybridized carbons (Fsp3) is 0.462. The molecule has 2 aliphatic heterocycles. The first-order valence-corrected chi connectivity index (χ1v) is 11.8. The van der Waals surface area contributed by atoms with Gasteiger partial charge in [-0.1, -0.05) is 24.3 Å². The van der Waals surface area contributed by atoms with Gasteiger partial charge in [0.05, 0.1) is 6.42 Å².